The predicted octanol–water partition coefficient (Wildman–Crippen LogP) is 2.51. The molecule has 0 fully saturated rings. The van der Waals surface area contributed by atoms with Gasteiger partial charge in [-0.3, -0.25) is 9.48 Å². The number of aryl methyl sites for hydroxylation is 3. The number of methoxy groups -OCH3 is 1. The van der Waals surface area contributed by atoms with Crippen LogP contribution in [0.5, 0.6) is 0 Å². The Kier molecular flexibility index (Phi) is 4.99. The molecule has 2 aromatic rings. The van der Waals surface area contributed by atoms with Crippen molar-refractivity contribution in [3.8, 4) is 0 Å². The Morgan fingerprint density at radius 3 is 2.96 bits per heavy atom. The maximum atomic E-state index is 12.8. The van der Waals surface area contributed by atoms with Crippen LogP contribution < -0.4 is 5.32 Å². The Balaban J connectivity index is 1.53. The zero-order valence-corrected chi connectivity index (χ0v) is 16.5. The number of carbonyl (C=O) groups excluding carboxylic acids is 2. The van der Waals surface area contributed by atoms with Gasteiger partial charge in [0.05, 0.1) is 41.7 Å². The fraction of sp³-hybridized carbons (Fsp3) is 0.579. The maximum absolute atomic E-state index is 12.8. The lowest BCUT2D eigenvalue weighted by Gasteiger charge is -2.20. The summed E-state index contributed by atoms with van der Waals surface area (Å²) < 4.78 is 6.85. The number of esters is 1. The fourth-order valence-electron chi connectivity index (χ4n) is 4.10. The van der Waals surface area contributed by atoms with Crippen LogP contribution in [-0.4, -0.2) is 33.8 Å². The second kappa shape index (κ2) is 7.42. The molecule has 1 amide bonds. The van der Waals surface area contributed by atoms with Crippen molar-refractivity contribution in [3.05, 3.63) is 32.5 Å². The Labute approximate surface area is 162 Å². The number of nitrogens with zero attached hydrogens (tertiary/aromatic N) is 3. The van der Waals surface area contributed by atoms with Crippen molar-refractivity contribution in [2.24, 2.45) is 0 Å². The highest BCUT2D eigenvalue weighted by Gasteiger charge is 2.31. The van der Waals surface area contributed by atoms with Crippen LogP contribution in [0.1, 0.15) is 68.9 Å². The van der Waals surface area contributed by atoms with Crippen molar-refractivity contribution in [1.82, 2.24) is 20.1 Å². The maximum Gasteiger partial charge on any atom is 0.341 e. The number of amides is 1. The summed E-state index contributed by atoms with van der Waals surface area (Å²) in [7, 11) is 1.38. The first-order chi connectivity index (χ1) is 13.1. The third-order valence-electron chi connectivity index (χ3n) is 5.36. The molecular weight excluding hydrogens is 364 g/mol. The van der Waals surface area contributed by atoms with Crippen LogP contribution in [-0.2, 0) is 35.5 Å². The SMILES string of the molecule is COC(=O)c1c(CNC(=O)C2CCCc3sc(C)nc32)nn2c1CCCC2. The molecule has 1 unspecified atom stereocenters. The van der Waals surface area contributed by atoms with Gasteiger partial charge in [0, 0.05) is 11.4 Å². The second-order valence-electron chi connectivity index (χ2n) is 7.14. The second-order valence-corrected chi connectivity index (χ2v) is 8.43. The highest BCUT2D eigenvalue weighted by atomic mass is 32.1. The van der Waals surface area contributed by atoms with Gasteiger partial charge in [-0.1, -0.05) is 0 Å². The molecule has 27 heavy (non-hydrogen) atoms. The van der Waals surface area contributed by atoms with Gasteiger partial charge >= 0.3 is 5.97 Å². The first-order valence-electron chi connectivity index (χ1n) is 9.49. The van der Waals surface area contributed by atoms with Crippen molar-refractivity contribution < 1.29 is 14.3 Å². The number of hydrogen-bond donors (Lipinski definition) is 1. The molecule has 0 radical (unpaired) electrons. The highest BCUT2D eigenvalue weighted by molar-refractivity contribution is 7.11. The van der Waals surface area contributed by atoms with E-state index < -0.39 is 0 Å². The van der Waals surface area contributed by atoms with Crippen molar-refractivity contribution in [2.45, 2.75) is 64.5 Å². The Hall–Kier alpha value is -2.22. The summed E-state index contributed by atoms with van der Waals surface area (Å²) in [6, 6.07) is 0. The summed E-state index contributed by atoms with van der Waals surface area (Å²) in [5.74, 6) is -0.627. The number of thiazole rings is 1. The van der Waals surface area contributed by atoms with E-state index in [-0.39, 0.29) is 24.3 Å². The minimum atomic E-state index is -0.377. The topological polar surface area (TPSA) is 86.1 Å². The molecule has 4 rings (SSSR count). The average molecular weight is 388 g/mol. The normalized spacial score (nSPS) is 18.5. The molecule has 1 atom stereocenters. The Bertz CT molecular complexity index is 886. The van der Waals surface area contributed by atoms with Gasteiger partial charge in [-0.2, -0.15) is 5.10 Å². The van der Waals surface area contributed by atoms with Crippen LogP contribution in [0.2, 0.25) is 0 Å². The lowest BCUT2D eigenvalue weighted by atomic mass is 9.90. The molecule has 0 saturated heterocycles. The van der Waals surface area contributed by atoms with Gasteiger partial charge in [-0.25, -0.2) is 9.78 Å². The molecule has 7 nitrogen and oxygen atoms in total. The first kappa shape index (κ1) is 18.2. The number of rotatable bonds is 4. The minimum absolute atomic E-state index is 0.0389. The van der Waals surface area contributed by atoms with Crippen molar-refractivity contribution in [3.63, 3.8) is 0 Å². The third-order valence-corrected chi connectivity index (χ3v) is 6.41. The molecule has 1 N–H and O–H groups in total. The van der Waals surface area contributed by atoms with Crippen molar-refractivity contribution >= 4 is 23.2 Å². The van der Waals surface area contributed by atoms with E-state index in [0.29, 0.717) is 11.3 Å². The van der Waals surface area contributed by atoms with Crippen LogP contribution in [0.4, 0.5) is 0 Å². The molecule has 2 aromatic heterocycles. The zero-order chi connectivity index (χ0) is 19.0. The molecule has 1 aliphatic heterocycles. The Morgan fingerprint density at radius 1 is 1.30 bits per heavy atom. The number of carbonyl (C=O) groups is 2. The molecule has 144 valence electrons. The van der Waals surface area contributed by atoms with Gasteiger partial charge in [-0.05, 0) is 45.4 Å². The van der Waals surface area contributed by atoms with Crippen molar-refractivity contribution in [1.29, 1.82) is 0 Å². The lowest BCUT2D eigenvalue weighted by Crippen LogP contribution is -2.31. The number of ether oxygens (including phenoxy) is 1. The van der Waals surface area contributed by atoms with Crippen LogP contribution >= 0.6 is 11.3 Å². The van der Waals surface area contributed by atoms with E-state index in [1.54, 1.807) is 11.3 Å². The number of hydrogen-bond acceptors (Lipinski definition) is 6. The van der Waals surface area contributed by atoms with E-state index in [1.807, 2.05) is 11.6 Å². The molecule has 1 aliphatic carbocycles. The molecule has 0 bridgehead atoms. The third kappa shape index (κ3) is 3.38. The summed E-state index contributed by atoms with van der Waals surface area (Å²) in [4.78, 5) is 30.9. The molecule has 8 heteroatoms. The molecular formula is C19H24N4O3S. The lowest BCUT2D eigenvalue weighted by molar-refractivity contribution is -0.123. The summed E-state index contributed by atoms with van der Waals surface area (Å²) in [5.41, 5.74) is 2.97. The standard InChI is InChI=1S/C19H24N4O3S/c1-11-21-17-12(6-5-8-15(17)27-11)18(24)20-10-13-16(19(25)26-2)14-7-3-4-9-23(14)22-13/h12H,3-10H2,1-2H3,(H,20,24). The quantitative estimate of drug-likeness (QED) is 0.814. The van der Waals surface area contributed by atoms with Gasteiger partial charge in [0.2, 0.25) is 5.91 Å². The molecule has 3 heterocycles. The molecule has 0 saturated carbocycles. The highest BCUT2D eigenvalue weighted by Crippen LogP contribution is 2.34. The smallest absolute Gasteiger partial charge is 0.341 e. The molecule has 0 spiro atoms. The van der Waals surface area contributed by atoms with Crippen LogP contribution in [0.25, 0.3) is 0 Å². The number of nitrogens with one attached hydrogen (secondary N) is 1. The van der Waals surface area contributed by atoms with E-state index in [9.17, 15) is 9.59 Å². The van der Waals surface area contributed by atoms with Crippen LogP contribution in [0.3, 0.4) is 0 Å². The first-order valence-corrected chi connectivity index (χ1v) is 10.3. The summed E-state index contributed by atoms with van der Waals surface area (Å²) >= 11 is 1.69. The summed E-state index contributed by atoms with van der Waals surface area (Å²) in [5, 5.41) is 8.57. The van der Waals surface area contributed by atoms with E-state index >= 15 is 0 Å². The zero-order valence-electron chi connectivity index (χ0n) is 15.7. The predicted molar refractivity (Wildman–Crippen MR) is 101 cm³/mol. The van der Waals surface area contributed by atoms with Gasteiger partial charge in [0.15, 0.2) is 0 Å². The fourth-order valence-corrected chi connectivity index (χ4v) is 5.14. The largest absolute Gasteiger partial charge is 0.465 e. The van der Waals surface area contributed by atoms with E-state index in [2.05, 4.69) is 15.4 Å². The summed E-state index contributed by atoms with van der Waals surface area (Å²) in [6.45, 7) is 3.02. The minimum Gasteiger partial charge on any atom is -0.465 e. The molecule has 0 aromatic carbocycles. The van der Waals surface area contributed by atoms with E-state index in [1.165, 1.54) is 12.0 Å². The van der Waals surface area contributed by atoms with Crippen LogP contribution in [0.15, 0.2) is 0 Å². The Morgan fingerprint density at radius 2 is 2.15 bits per heavy atom. The van der Waals surface area contributed by atoms with E-state index in [4.69, 9.17) is 4.74 Å². The van der Waals surface area contributed by atoms with Crippen LogP contribution in [0, 0.1) is 6.92 Å². The van der Waals surface area contributed by atoms with Crippen molar-refractivity contribution in [2.75, 3.05) is 7.11 Å². The van der Waals surface area contributed by atoms with Gasteiger partial charge < -0.3 is 10.1 Å². The number of aromatic nitrogens is 3. The average Bonchev–Trinajstić information content (AvgIpc) is 3.24. The number of fused-ring (bicyclic) bond motifs is 2. The summed E-state index contributed by atoms with van der Waals surface area (Å²) in [6.07, 6.45) is 5.72. The van der Waals surface area contributed by atoms with E-state index in [0.717, 1.165) is 61.5 Å². The van der Waals surface area contributed by atoms with Gasteiger partial charge in [0.1, 0.15) is 5.56 Å². The van der Waals surface area contributed by atoms with Gasteiger partial charge in [0.25, 0.3) is 0 Å². The van der Waals surface area contributed by atoms with Gasteiger partial charge in [-0.15, -0.1) is 11.3 Å². The molecule has 2 aliphatic rings. The monoisotopic (exact) mass is 388 g/mol.